The van der Waals surface area contributed by atoms with Crippen LogP contribution in [0.1, 0.15) is 11.1 Å². The summed E-state index contributed by atoms with van der Waals surface area (Å²) in [6, 6.07) is 11.2. The number of aryl methyl sites for hydroxylation is 2. The summed E-state index contributed by atoms with van der Waals surface area (Å²) in [6.45, 7) is 3.98. The fourth-order valence-corrected chi connectivity index (χ4v) is 2.04. The molecular weight excluding hydrogens is 333 g/mol. The van der Waals surface area contributed by atoms with Crippen LogP contribution < -0.4 is 5.73 Å². The molecule has 0 saturated heterocycles. The van der Waals surface area contributed by atoms with E-state index < -0.39 is 0 Å². The Hall–Kier alpha value is -0.700. The van der Waals surface area contributed by atoms with Crippen molar-refractivity contribution in [1.82, 2.24) is 0 Å². The summed E-state index contributed by atoms with van der Waals surface area (Å²) >= 11 is 14.7. The van der Waals surface area contributed by atoms with Crippen molar-refractivity contribution in [2.45, 2.75) is 13.8 Å². The molecule has 0 aliphatic rings. The maximum Gasteiger partial charge on any atom is 0.0426 e. The molecule has 0 aliphatic carbocycles. The van der Waals surface area contributed by atoms with Crippen molar-refractivity contribution in [3.8, 4) is 0 Å². The van der Waals surface area contributed by atoms with Crippen molar-refractivity contribution >= 4 is 44.8 Å². The predicted molar refractivity (Wildman–Crippen MR) is 84.5 cm³/mol. The number of hydrogen-bond donors (Lipinski definition) is 1. The van der Waals surface area contributed by atoms with Gasteiger partial charge in [-0.15, -0.1) is 0 Å². The highest BCUT2D eigenvalue weighted by Gasteiger charge is 1.92. The molecule has 0 unspecified atom stereocenters. The van der Waals surface area contributed by atoms with E-state index in [4.69, 9.17) is 28.9 Å². The molecule has 0 bridgehead atoms. The summed E-state index contributed by atoms with van der Waals surface area (Å²) in [4.78, 5) is 0. The number of anilines is 1. The highest BCUT2D eigenvalue weighted by atomic mass is 79.9. The molecule has 0 radical (unpaired) electrons. The van der Waals surface area contributed by atoms with Gasteiger partial charge in [-0.2, -0.15) is 0 Å². The number of hydrogen-bond acceptors (Lipinski definition) is 1. The first kappa shape index (κ1) is 15.4. The van der Waals surface area contributed by atoms with Crippen LogP contribution in [-0.2, 0) is 0 Å². The fourth-order valence-electron chi connectivity index (χ4n) is 1.18. The maximum atomic E-state index is 5.69. The number of halogens is 3. The van der Waals surface area contributed by atoms with E-state index in [0.29, 0.717) is 5.02 Å². The van der Waals surface area contributed by atoms with E-state index in [-0.39, 0.29) is 0 Å². The molecule has 2 N–H and O–H groups in total. The zero-order valence-corrected chi connectivity index (χ0v) is 13.3. The van der Waals surface area contributed by atoms with Crippen LogP contribution in [0.2, 0.25) is 10.0 Å². The lowest BCUT2D eigenvalue weighted by molar-refractivity contribution is 1.43. The first-order valence-corrected chi connectivity index (χ1v) is 6.88. The Balaban J connectivity index is 0.000000180. The van der Waals surface area contributed by atoms with Gasteiger partial charge in [0.1, 0.15) is 0 Å². The lowest BCUT2D eigenvalue weighted by Crippen LogP contribution is -1.87. The van der Waals surface area contributed by atoms with Gasteiger partial charge in [0.25, 0.3) is 0 Å². The van der Waals surface area contributed by atoms with Gasteiger partial charge in [0.2, 0.25) is 0 Å². The minimum atomic E-state index is 0.693. The van der Waals surface area contributed by atoms with E-state index in [1.54, 1.807) is 6.07 Å². The van der Waals surface area contributed by atoms with Gasteiger partial charge in [-0.1, -0.05) is 51.3 Å². The Labute approximate surface area is 126 Å². The summed E-state index contributed by atoms with van der Waals surface area (Å²) in [5.74, 6) is 0. The molecule has 0 atom stereocenters. The molecule has 0 heterocycles. The molecule has 0 saturated carbocycles. The van der Waals surface area contributed by atoms with Crippen LogP contribution >= 0.6 is 39.1 Å². The molecule has 0 amide bonds. The van der Waals surface area contributed by atoms with Crippen molar-refractivity contribution in [2.24, 2.45) is 0 Å². The van der Waals surface area contributed by atoms with E-state index in [1.165, 1.54) is 5.56 Å². The van der Waals surface area contributed by atoms with Gasteiger partial charge in [-0.25, -0.2) is 0 Å². The second-order valence-corrected chi connectivity index (χ2v) is 5.62. The number of nitrogen functional groups attached to an aromatic ring is 1. The first-order valence-electron chi connectivity index (χ1n) is 5.33. The number of rotatable bonds is 0. The van der Waals surface area contributed by atoms with Crippen LogP contribution in [0.25, 0.3) is 0 Å². The number of nitrogens with two attached hydrogens (primary N) is 1. The standard InChI is InChI=1S/C7H6BrCl.C7H8ClN/c1-5-2-3-6(9)4-7(5)8;1-5-2-3-6(8)4-7(5)9/h2-4H,1H3;2-4H,9H2,1H3. The third-order valence-corrected chi connectivity index (χ3v) is 3.70. The van der Waals surface area contributed by atoms with Crippen LogP contribution in [0.4, 0.5) is 5.69 Å². The Kier molecular flexibility index (Phi) is 6.00. The van der Waals surface area contributed by atoms with Gasteiger partial charge < -0.3 is 5.73 Å². The summed E-state index contributed by atoms with van der Waals surface area (Å²) in [7, 11) is 0. The topological polar surface area (TPSA) is 26.0 Å². The zero-order chi connectivity index (χ0) is 13.7. The molecule has 96 valence electrons. The van der Waals surface area contributed by atoms with Crippen molar-refractivity contribution in [3.05, 3.63) is 62.0 Å². The molecule has 2 aromatic rings. The second-order valence-electron chi connectivity index (χ2n) is 3.89. The van der Waals surface area contributed by atoms with E-state index in [9.17, 15) is 0 Å². The zero-order valence-electron chi connectivity index (χ0n) is 10.2. The van der Waals surface area contributed by atoms with E-state index in [1.807, 2.05) is 44.2 Å². The third kappa shape index (κ3) is 4.89. The molecule has 0 aliphatic heterocycles. The molecule has 4 heteroatoms. The van der Waals surface area contributed by atoms with E-state index in [0.717, 1.165) is 20.7 Å². The summed E-state index contributed by atoms with van der Waals surface area (Å²) < 4.78 is 1.06. The Morgan fingerprint density at radius 2 is 1.39 bits per heavy atom. The maximum absolute atomic E-state index is 5.69. The second kappa shape index (κ2) is 7.03. The average Bonchev–Trinajstić information content (AvgIpc) is 2.30. The van der Waals surface area contributed by atoms with Crippen LogP contribution in [-0.4, -0.2) is 0 Å². The van der Waals surface area contributed by atoms with Gasteiger partial charge >= 0.3 is 0 Å². The summed E-state index contributed by atoms with van der Waals surface area (Å²) in [5.41, 5.74) is 8.57. The first-order chi connectivity index (χ1) is 8.40. The van der Waals surface area contributed by atoms with Gasteiger partial charge in [0.15, 0.2) is 0 Å². The molecule has 1 nitrogen and oxygen atoms in total. The summed E-state index contributed by atoms with van der Waals surface area (Å²) in [5, 5.41) is 1.46. The smallest absolute Gasteiger partial charge is 0.0426 e. The van der Waals surface area contributed by atoms with Gasteiger partial charge in [-0.3, -0.25) is 0 Å². The Bertz CT molecular complexity index is 492. The molecule has 0 spiro atoms. The van der Waals surface area contributed by atoms with Crippen LogP contribution in [0.15, 0.2) is 40.9 Å². The quantitative estimate of drug-likeness (QED) is 0.613. The van der Waals surface area contributed by atoms with E-state index >= 15 is 0 Å². The van der Waals surface area contributed by atoms with Gasteiger partial charge in [-0.05, 0) is 49.2 Å². The summed E-state index contributed by atoms with van der Waals surface area (Å²) in [6.07, 6.45) is 0. The normalized spacial score (nSPS) is 9.61. The molecular formula is C14H14BrCl2N. The largest absolute Gasteiger partial charge is 0.398 e. The molecule has 0 fully saturated rings. The van der Waals surface area contributed by atoms with Crippen LogP contribution in [0, 0.1) is 13.8 Å². The SMILES string of the molecule is Cc1ccc(Cl)cc1Br.Cc1ccc(Cl)cc1N. The minimum Gasteiger partial charge on any atom is -0.398 e. The lowest BCUT2D eigenvalue weighted by atomic mass is 10.2. The van der Waals surface area contributed by atoms with Crippen molar-refractivity contribution < 1.29 is 0 Å². The number of benzene rings is 2. The van der Waals surface area contributed by atoms with Crippen molar-refractivity contribution in [2.75, 3.05) is 5.73 Å². The van der Waals surface area contributed by atoms with Crippen LogP contribution in [0.5, 0.6) is 0 Å². The molecule has 2 rings (SSSR count). The highest BCUT2D eigenvalue weighted by Crippen LogP contribution is 2.20. The molecule has 2 aromatic carbocycles. The predicted octanol–water partition coefficient (Wildman–Crippen LogP) is 5.64. The molecule has 18 heavy (non-hydrogen) atoms. The highest BCUT2D eigenvalue weighted by molar-refractivity contribution is 9.10. The Morgan fingerprint density at radius 1 is 0.889 bits per heavy atom. The Morgan fingerprint density at radius 3 is 1.78 bits per heavy atom. The molecule has 0 aromatic heterocycles. The third-order valence-electron chi connectivity index (χ3n) is 2.38. The van der Waals surface area contributed by atoms with Crippen LogP contribution in [0.3, 0.4) is 0 Å². The average molecular weight is 347 g/mol. The van der Waals surface area contributed by atoms with E-state index in [2.05, 4.69) is 15.9 Å². The fraction of sp³-hybridized carbons (Fsp3) is 0.143. The van der Waals surface area contributed by atoms with Crippen molar-refractivity contribution in [1.29, 1.82) is 0 Å². The van der Waals surface area contributed by atoms with Gasteiger partial charge in [0.05, 0.1) is 0 Å². The van der Waals surface area contributed by atoms with Gasteiger partial charge in [0, 0.05) is 20.2 Å². The monoisotopic (exact) mass is 345 g/mol. The lowest BCUT2D eigenvalue weighted by Gasteiger charge is -1.97. The van der Waals surface area contributed by atoms with Crippen molar-refractivity contribution in [3.63, 3.8) is 0 Å². The minimum absolute atomic E-state index is 0.693.